The van der Waals surface area contributed by atoms with Crippen LogP contribution in [0.2, 0.25) is 0 Å². The number of aryl methyl sites for hydroxylation is 1. The van der Waals surface area contributed by atoms with Gasteiger partial charge in [0, 0.05) is 19.7 Å². The zero-order chi connectivity index (χ0) is 15.5. The van der Waals surface area contributed by atoms with E-state index in [-0.39, 0.29) is 17.9 Å². The maximum absolute atomic E-state index is 6.18. The number of nitrogen functional groups attached to an aromatic ring is 1. The molecule has 0 atom stereocenters. The Morgan fingerprint density at radius 2 is 2.09 bits per heavy atom. The number of imidazole rings is 1. The van der Waals surface area contributed by atoms with Crippen LogP contribution in [0.15, 0.2) is 0 Å². The fourth-order valence-electron chi connectivity index (χ4n) is 3.83. The van der Waals surface area contributed by atoms with Crippen molar-refractivity contribution in [1.29, 1.82) is 0 Å². The molecule has 2 N–H and O–H groups in total. The highest BCUT2D eigenvalue weighted by Crippen LogP contribution is 2.44. The van der Waals surface area contributed by atoms with Crippen LogP contribution in [0.1, 0.15) is 38.7 Å². The molecule has 2 aromatic heterocycles. The van der Waals surface area contributed by atoms with Gasteiger partial charge in [0.2, 0.25) is 0 Å². The molecule has 0 saturated carbocycles. The number of hydrogen-bond acceptors (Lipinski definition) is 5. The van der Waals surface area contributed by atoms with Crippen LogP contribution in [-0.4, -0.2) is 33.2 Å². The van der Waals surface area contributed by atoms with Gasteiger partial charge >= 0.3 is 0 Å². The third-order valence-electron chi connectivity index (χ3n) is 4.82. The Morgan fingerprint density at radius 3 is 2.83 bits per heavy atom. The number of pyridine rings is 1. The average molecular weight is 338 g/mol. The van der Waals surface area contributed by atoms with Gasteiger partial charge in [-0.3, -0.25) is 0 Å². The second-order valence-corrected chi connectivity index (χ2v) is 6.81. The van der Waals surface area contributed by atoms with E-state index in [0.29, 0.717) is 19.0 Å². The van der Waals surface area contributed by atoms with Gasteiger partial charge in [-0.2, -0.15) is 0 Å². The van der Waals surface area contributed by atoms with Gasteiger partial charge in [0.15, 0.2) is 5.82 Å². The second kappa shape index (κ2) is 5.53. The van der Waals surface area contributed by atoms with Crippen molar-refractivity contribution in [1.82, 2.24) is 14.5 Å². The van der Waals surface area contributed by atoms with Crippen molar-refractivity contribution in [3.05, 3.63) is 11.5 Å². The van der Waals surface area contributed by atoms with E-state index in [1.165, 1.54) is 5.69 Å². The lowest BCUT2D eigenvalue weighted by Crippen LogP contribution is -2.52. The first kappa shape index (κ1) is 16.3. The lowest BCUT2D eigenvalue weighted by Gasteiger charge is -2.47. The van der Waals surface area contributed by atoms with Crippen LogP contribution in [0.25, 0.3) is 11.0 Å². The minimum atomic E-state index is 0. The number of aromatic nitrogens is 3. The third kappa shape index (κ3) is 2.27. The van der Waals surface area contributed by atoms with Crippen molar-refractivity contribution in [2.24, 2.45) is 0 Å². The molecule has 126 valence electrons. The highest BCUT2D eigenvalue weighted by molar-refractivity contribution is 5.98. The first-order chi connectivity index (χ1) is 10.5. The molecule has 0 aliphatic carbocycles. The molecule has 4 heterocycles. The molecule has 2 aliphatic heterocycles. The number of hydrogen-bond donors (Lipinski definition) is 1. The summed E-state index contributed by atoms with van der Waals surface area (Å²) in [7, 11) is 0. The molecule has 0 spiro atoms. The predicted octanol–water partition coefficient (Wildman–Crippen LogP) is 2.52. The summed E-state index contributed by atoms with van der Waals surface area (Å²) in [5.74, 6) is 1.50. The first-order valence-electron chi connectivity index (χ1n) is 8.06. The van der Waals surface area contributed by atoms with E-state index < -0.39 is 0 Å². The number of halogens is 1. The van der Waals surface area contributed by atoms with Crippen molar-refractivity contribution in [2.75, 3.05) is 23.8 Å². The summed E-state index contributed by atoms with van der Waals surface area (Å²) in [5, 5.41) is 0. The van der Waals surface area contributed by atoms with Crippen LogP contribution in [0.5, 0.6) is 0 Å². The van der Waals surface area contributed by atoms with E-state index in [2.05, 4.69) is 28.3 Å². The molecule has 6 nitrogen and oxygen atoms in total. The molecular formula is C16H24ClN5O. The van der Waals surface area contributed by atoms with Gasteiger partial charge in [0.25, 0.3) is 0 Å². The highest BCUT2D eigenvalue weighted by atomic mass is 35.5. The van der Waals surface area contributed by atoms with Gasteiger partial charge in [0.1, 0.15) is 17.9 Å². The van der Waals surface area contributed by atoms with Gasteiger partial charge in [-0.15, -0.1) is 12.4 Å². The third-order valence-corrected chi connectivity index (χ3v) is 4.82. The Morgan fingerprint density at radius 1 is 1.30 bits per heavy atom. The minimum absolute atomic E-state index is 0. The molecule has 7 heteroatoms. The van der Waals surface area contributed by atoms with Crippen molar-refractivity contribution >= 4 is 34.9 Å². The highest BCUT2D eigenvalue weighted by Gasteiger charge is 2.39. The summed E-state index contributed by atoms with van der Waals surface area (Å²) < 4.78 is 7.90. The van der Waals surface area contributed by atoms with Crippen LogP contribution in [0.3, 0.4) is 0 Å². The molecule has 2 aromatic rings. The van der Waals surface area contributed by atoms with Crippen LogP contribution in [0, 0.1) is 0 Å². The van der Waals surface area contributed by atoms with Crippen LogP contribution in [0.4, 0.5) is 11.5 Å². The summed E-state index contributed by atoms with van der Waals surface area (Å²) in [6.45, 7) is 9.77. The average Bonchev–Trinajstić information content (AvgIpc) is 2.83. The zero-order valence-corrected chi connectivity index (χ0v) is 14.7. The molecule has 0 aromatic carbocycles. The van der Waals surface area contributed by atoms with Crippen LogP contribution >= 0.6 is 12.4 Å². The first-order valence-corrected chi connectivity index (χ1v) is 8.06. The van der Waals surface area contributed by atoms with Crippen LogP contribution < -0.4 is 10.6 Å². The molecule has 0 radical (unpaired) electrons. The molecule has 0 fully saturated rings. The van der Waals surface area contributed by atoms with Crippen molar-refractivity contribution in [2.45, 2.75) is 52.3 Å². The van der Waals surface area contributed by atoms with Crippen molar-refractivity contribution in [3.8, 4) is 0 Å². The molecular weight excluding hydrogens is 314 g/mol. The standard InChI is InChI=1S/C16H23N5O.ClH/c1-4-22-8-11-19-12-14-13-10(18-15(12)17)6-5-7-21(13)16(2,3)9-20(11)14;/h4-9H2,1-3H3,(H2,17,18);1H. The van der Waals surface area contributed by atoms with Gasteiger partial charge in [-0.1, -0.05) is 0 Å². The number of nitrogens with two attached hydrogens (primary N) is 1. The summed E-state index contributed by atoms with van der Waals surface area (Å²) in [4.78, 5) is 11.9. The quantitative estimate of drug-likeness (QED) is 0.932. The normalized spacial score (nSPS) is 18.1. The SMILES string of the molecule is CCOCc1nc2c(N)nc3c4c2n1CC(C)(C)N4CCC3.Cl. The molecule has 0 amide bonds. The Bertz CT molecular complexity index is 755. The summed E-state index contributed by atoms with van der Waals surface area (Å²) in [6, 6.07) is 0. The molecule has 0 bridgehead atoms. The Hall–Kier alpha value is -1.53. The topological polar surface area (TPSA) is 69.2 Å². The van der Waals surface area contributed by atoms with E-state index in [0.717, 1.165) is 48.5 Å². The summed E-state index contributed by atoms with van der Waals surface area (Å²) in [5.41, 5.74) is 10.6. The Balaban J connectivity index is 0.00000156. The number of nitrogens with zero attached hydrogens (tertiary/aromatic N) is 4. The van der Waals surface area contributed by atoms with Crippen molar-refractivity contribution < 1.29 is 4.74 Å². The molecule has 23 heavy (non-hydrogen) atoms. The predicted molar refractivity (Wildman–Crippen MR) is 94.3 cm³/mol. The summed E-state index contributed by atoms with van der Waals surface area (Å²) in [6.07, 6.45) is 2.13. The zero-order valence-electron chi connectivity index (χ0n) is 13.9. The lowest BCUT2D eigenvalue weighted by atomic mass is 9.93. The fourth-order valence-corrected chi connectivity index (χ4v) is 3.83. The maximum atomic E-state index is 6.18. The molecule has 2 aliphatic rings. The molecule has 4 rings (SSSR count). The number of ether oxygens (including phenoxy) is 1. The maximum Gasteiger partial charge on any atom is 0.152 e. The molecule has 0 saturated heterocycles. The largest absolute Gasteiger partial charge is 0.382 e. The fraction of sp³-hybridized carbons (Fsp3) is 0.625. The van der Waals surface area contributed by atoms with E-state index in [1.807, 2.05) is 6.92 Å². The minimum Gasteiger partial charge on any atom is -0.382 e. The van der Waals surface area contributed by atoms with E-state index in [4.69, 9.17) is 15.5 Å². The van der Waals surface area contributed by atoms with Gasteiger partial charge in [0.05, 0.1) is 22.4 Å². The molecule has 0 unspecified atom stereocenters. The number of anilines is 2. The summed E-state index contributed by atoms with van der Waals surface area (Å²) >= 11 is 0. The van der Waals surface area contributed by atoms with Crippen molar-refractivity contribution in [3.63, 3.8) is 0 Å². The smallest absolute Gasteiger partial charge is 0.152 e. The van der Waals surface area contributed by atoms with Gasteiger partial charge in [-0.05, 0) is 33.6 Å². The number of rotatable bonds is 3. The van der Waals surface area contributed by atoms with E-state index >= 15 is 0 Å². The monoisotopic (exact) mass is 337 g/mol. The van der Waals surface area contributed by atoms with Crippen LogP contribution in [-0.2, 0) is 24.3 Å². The lowest BCUT2D eigenvalue weighted by molar-refractivity contribution is 0.124. The van der Waals surface area contributed by atoms with E-state index in [9.17, 15) is 0 Å². The Kier molecular flexibility index (Phi) is 3.92. The van der Waals surface area contributed by atoms with Gasteiger partial charge in [-0.25, -0.2) is 9.97 Å². The Labute approximate surface area is 142 Å². The van der Waals surface area contributed by atoms with Gasteiger partial charge < -0.3 is 19.9 Å². The second-order valence-electron chi connectivity index (χ2n) is 6.81. The van der Waals surface area contributed by atoms with E-state index in [1.54, 1.807) is 0 Å².